The van der Waals surface area contributed by atoms with Gasteiger partial charge in [-0.2, -0.15) is 0 Å². The first-order valence-electron chi connectivity index (χ1n) is 7.68. The van der Waals surface area contributed by atoms with Gasteiger partial charge in [-0.25, -0.2) is 0 Å². The highest BCUT2D eigenvalue weighted by Gasteiger charge is 2.15. The third-order valence-electron chi connectivity index (χ3n) is 4.12. The second-order valence-corrected chi connectivity index (χ2v) is 6.06. The maximum absolute atomic E-state index is 12.0. The molecule has 0 aromatic heterocycles. The fourth-order valence-electron chi connectivity index (χ4n) is 2.85. The van der Waals surface area contributed by atoms with E-state index in [4.69, 9.17) is 11.6 Å². The van der Waals surface area contributed by atoms with Crippen LogP contribution in [0.5, 0.6) is 0 Å². The second-order valence-electron chi connectivity index (χ2n) is 5.79. The number of rotatable bonds is 5. The zero-order valence-corrected chi connectivity index (χ0v) is 12.8. The van der Waals surface area contributed by atoms with Crippen molar-refractivity contribution < 1.29 is 4.79 Å². The molecule has 1 fully saturated rings. The molecule has 0 aliphatic heterocycles. The summed E-state index contributed by atoms with van der Waals surface area (Å²) in [5.41, 5.74) is 2.24. The fourth-order valence-corrected chi connectivity index (χ4v) is 3.03. The predicted octanol–water partition coefficient (Wildman–Crippen LogP) is 4.40. The lowest BCUT2D eigenvalue weighted by Gasteiger charge is -2.13. The molecule has 1 aromatic rings. The Kier molecular flexibility index (Phi) is 6.38. The van der Waals surface area contributed by atoms with Crippen LogP contribution < -0.4 is 5.32 Å². The maximum atomic E-state index is 12.0. The van der Waals surface area contributed by atoms with Crippen molar-refractivity contribution in [3.05, 3.63) is 35.4 Å². The normalized spacial score (nSPS) is 16.6. The van der Waals surface area contributed by atoms with Gasteiger partial charge >= 0.3 is 0 Å². The molecular formula is C17H24ClNO. The molecule has 1 aromatic carbocycles. The number of hydrogen-bond acceptors (Lipinski definition) is 1. The average molecular weight is 294 g/mol. The molecule has 0 bridgehead atoms. The minimum Gasteiger partial charge on any atom is -0.352 e. The Morgan fingerprint density at radius 2 is 1.65 bits per heavy atom. The number of carbonyl (C=O) groups is 1. The molecule has 110 valence electrons. The van der Waals surface area contributed by atoms with Crippen molar-refractivity contribution in [2.45, 2.75) is 57.4 Å². The third-order valence-corrected chi connectivity index (χ3v) is 4.42. The standard InChI is InChI=1S/C17H24ClNO/c18-12-15-7-9-16(10-8-15)13-19-17(20)11-14-5-3-1-2-4-6-14/h7-10,14H,1-6,11-13H2,(H,19,20). The molecule has 0 radical (unpaired) electrons. The number of alkyl halides is 1. The van der Waals surface area contributed by atoms with Gasteiger partial charge in [0, 0.05) is 18.8 Å². The van der Waals surface area contributed by atoms with Gasteiger partial charge in [-0.15, -0.1) is 11.6 Å². The molecule has 1 amide bonds. The highest BCUT2D eigenvalue weighted by molar-refractivity contribution is 6.17. The summed E-state index contributed by atoms with van der Waals surface area (Å²) in [7, 11) is 0. The van der Waals surface area contributed by atoms with E-state index in [1.54, 1.807) is 0 Å². The lowest BCUT2D eigenvalue weighted by Crippen LogP contribution is -2.25. The van der Waals surface area contributed by atoms with Crippen molar-refractivity contribution in [3.63, 3.8) is 0 Å². The Labute approximate surface area is 126 Å². The van der Waals surface area contributed by atoms with E-state index in [0.29, 0.717) is 24.8 Å². The first-order valence-corrected chi connectivity index (χ1v) is 8.22. The fraction of sp³-hybridized carbons (Fsp3) is 0.588. The molecule has 1 N–H and O–H groups in total. The van der Waals surface area contributed by atoms with Crippen molar-refractivity contribution >= 4 is 17.5 Å². The van der Waals surface area contributed by atoms with E-state index in [1.807, 2.05) is 24.3 Å². The lowest BCUT2D eigenvalue weighted by atomic mass is 9.96. The number of carbonyl (C=O) groups excluding carboxylic acids is 1. The smallest absolute Gasteiger partial charge is 0.220 e. The van der Waals surface area contributed by atoms with Gasteiger partial charge in [0.05, 0.1) is 0 Å². The zero-order chi connectivity index (χ0) is 14.2. The first kappa shape index (κ1) is 15.4. The van der Waals surface area contributed by atoms with E-state index in [0.717, 1.165) is 11.1 Å². The summed E-state index contributed by atoms with van der Waals surface area (Å²) < 4.78 is 0. The SMILES string of the molecule is O=C(CC1CCCCCC1)NCc1ccc(CCl)cc1. The van der Waals surface area contributed by atoms with Gasteiger partial charge in [-0.1, -0.05) is 49.9 Å². The zero-order valence-electron chi connectivity index (χ0n) is 12.0. The molecule has 1 aliphatic carbocycles. The number of amides is 1. The highest BCUT2D eigenvalue weighted by atomic mass is 35.5. The number of halogens is 1. The van der Waals surface area contributed by atoms with Gasteiger partial charge in [0.2, 0.25) is 5.91 Å². The van der Waals surface area contributed by atoms with Crippen LogP contribution in [-0.2, 0) is 17.2 Å². The molecule has 0 heterocycles. The van der Waals surface area contributed by atoms with E-state index in [9.17, 15) is 4.79 Å². The molecule has 2 nitrogen and oxygen atoms in total. The number of hydrogen-bond donors (Lipinski definition) is 1. The van der Waals surface area contributed by atoms with Gasteiger partial charge in [0.25, 0.3) is 0 Å². The first-order chi connectivity index (χ1) is 9.78. The van der Waals surface area contributed by atoms with Crippen molar-refractivity contribution in [1.82, 2.24) is 5.32 Å². The third kappa shape index (κ3) is 5.16. The van der Waals surface area contributed by atoms with Crippen molar-refractivity contribution in [2.75, 3.05) is 0 Å². The summed E-state index contributed by atoms with van der Waals surface area (Å²) >= 11 is 5.76. The van der Waals surface area contributed by atoms with Crippen LogP contribution in [0.4, 0.5) is 0 Å². The average Bonchev–Trinajstić information content (AvgIpc) is 2.74. The summed E-state index contributed by atoms with van der Waals surface area (Å²) in [6.07, 6.45) is 8.39. The van der Waals surface area contributed by atoms with Crippen molar-refractivity contribution in [1.29, 1.82) is 0 Å². The Balaban J connectivity index is 1.73. The molecule has 1 aliphatic rings. The number of nitrogens with one attached hydrogen (secondary N) is 1. The highest BCUT2D eigenvalue weighted by Crippen LogP contribution is 2.25. The molecule has 0 saturated heterocycles. The van der Waals surface area contributed by atoms with Crippen molar-refractivity contribution in [3.8, 4) is 0 Å². The molecule has 0 spiro atoms. The van der Waals surface area contributed by atoms with E-state index >= 15 is 0 Å². The van der Waals surface area contributed by atoms with Crippen LogP contribution in [-0.4, -0.2) is 5.91 Å². The monoisotopic (exact) mass is 293 g/mol. The van der Waals surface area contributed by atoms with Crippen LogP contribution >= 0.6 is 11.6 Å². The van der Waals surface area contributed by atoms with E-state index in [2.05, 4.69) is 5.32 Å². The lowest BCUT2D eigenvalue weighted by molar-refractivity contribution is -0.122. The van der Waals surface area contributed by atoms with Crippen molar-refractivity contribution in [2.24, 2.45) is 5.92 Å². The van der Waals surface area contributed by atoms with Gasteiger partial charge in [0.1, 0.15) is 0 Å². The summed E-state index contributed by atoms with van der Waals surface area (Å²) in [5, 5.41) is 3.03. The molecule has 1 saturated carbocycles. The predicted molar refractivity (Wildman–Crippen MR) is 83.7 cm³/mol. The summed E-state index contributed by atoms with van der Waals surface area (Å²) in [4.78, 5) is 12.0. The Hall–Kier alpha value is -1.02. The molecule has 0 atom stereocenters. The van der Waals surface area contributed by atoms with Crippen LogP contribution in [0.3, 0.4) is 0 Å². The molecule has 2 rings (SSSR count). The second kappa shape index (κ2) is 8.31. The molecule has 3 heteroatoms. The topological polar surface area (TPSA) is 29.1 Å². The van der Waals surface area contributed by atoms with Crippen LogP contribution in [0.25, 0.3) is 0 Å². The minimum absolute atomic E-state index is 0.193. The molecule has 0 unspecified atom stereocenters. The van der Waals surface area contributed by atoms with Gasteiger partial charge in [-0.3, -0.25) is 4.79 Å². The van der Waals surface area contributed by atoms with Crippen LogP contribution in [0.2, 0.25) is 0 Å². The Morgan fingerprint density at radius 1 is 1.05 bits per heavy atom. The summed E-state index contributed by atoms with van der Waals surface area (Å²) in [6.45, 7) is 0.619. The maximum Gasteiger partial charge on any atom is 0.220 e. The Bertz CT molecular complexity index is 408. The quantitative estimate of drug-likeness (QED) is 0.632. The molecular weight excluding hydrogens is 270 g/mol. The van der Waals surface area contributed by atoms with Crippen LogP contribution in [0.15, 0.2) is 24.3 Å². The summed E-state index contributed by atoms with van der Waals surface area (Å²) in [5.74, 6) is 1.32. The minimum atomic E-state index is 0.193. The van der Waals surface area contributed by atoms with Crippen LogP contribution in [0, 0.1) is 5.92 Å². The Morgan fingerprint density at radius 3 is 2.25 bits per heavy atom. The van der Waals surface area contributed by atoms with E-state index < -0.39 is 0 Å². The van der Waals surface area contributed by atoms with Gasteiger partial charge in [-0.05, 0) is 29.9 Å². The molecule has 20 heavy (non-hydrogen) atoms. The van der Waals surface area contributed by atoms with Crippen LogP contribution in [0.1, 0.15) is 56.1 Å². The summed E-state index contributed by atoms with van der Waals surface area (Å²) in [6, 6.07) is 8.09. The van der Waals surface area contributed by atoms with Gasteiger partial charge < -0.3 is 5.32 Å². The van der Waals surface area contributed by atoms with E-state index in [1.165, 1.54) is 38.5 Å². The van der Waals surface area contributed by atoms with Gasteiger partial charge in [0.15, 0.2) is 0 Å². The largest absolute Gasteiger partial charge is 0.352 e. The number of benzene rings is 1. The van der Waals surface area contributed by atoms with E-state index in [-0.39, 0.29) is 5.91 Å².